The van der Waals surface area contributed by atoms with Crippen molar-refractivity contribution in [2.75, 3.05) is 18.0 Å². The second-order valence-corrected chi connectivity index (χ2v) is 5.08. The summed E-state index contributed by atoms with van der Waals surface area (Å²) in [5, 5.41) is 2.84. The summed E-state index contributed by atoms with van der Waals surface area (Å²) >= 11 is 0. The highest BCUT2D eigenvalue weighted by Crippen LogP contribution is 2.31. The van der Waals surface area contributed by atoms with Crippen LogP contribution < -0.4 is 20.7 Å². The van der Waals surface area contributed by atoms with E-state index in [1.807, 2.05) is 4.90 Å². The van der Waals surface area contributed by atoms with Crippen LogP contribution in [0.4, 0.5) is 14.5 Å². The van der Waals surface area contributed by atoms with Gasteiger partial charge in [0.2, 0.25) is 5.91 Å². The minimum absolute atomic E-state index is 0.0388. The van der Waals surface area contributed by atoms with Crippen molar-refractivity contribution in [3.05, 3.63) is 24.3 Å². The van der Waals surface area contributed by atoms with Gasteiger partial charge in [-0.2, -0.15) is 8.78 Å². The summed E-state index contributed by atoms with van der Waals surface area (Å²) in [6.45, 7) is -0.0361. The topological polar surface area (TPSA) is 67.6 Å². The van der Waals surface area contributed by atoms with Gasteiger partial charge in [-0.05, 0) is 25.5 Å². The van der Waals surface area contributed by atoms with Crippen LogP contribution in [0.25, 0.3) is 0 Å². The van der Waals surface area contributed by atoms with Gasteiger partial charge in [0.15, 0.2) is 0 Å². The average molecular weight is 299 g/mol. The smallest absolute Gasteiger partial charge is 0.387 e. The SMILES string of the molecule is CC(N)C(=O)NC1CCN(c2ccccc2OC(F)F)C1. The zero-order valence-electron chi connectivity index (χ0n) is 11.8. The number of hydrogen-bond donors (Lipinski definition) is 2. The number of para-hydroxylation sites is 2. The van der Waals surface area contributed by atoms with Crippen LogP contribution in [0.2, 0.25) is 0 Å². The molecule has 1 aliphatic rings. The van der Waals surface area contributed by atoms with Crippen LogP contribution in [0.5, 0.6) is 5.75 Å². The Morgan fingerprint density at radius 1 is 1.48 bits per heavy atom. The number of ether oxygens (including phenoxy) is 1. The number of alkyl halides is 2. The highest BCUT2D eigenvalue weighted by Gasteiger charge is 2.26. The summed E-state index contributed by atoms with van der Waals surface area (Å²) in [4.78, 5) is 13.5. The Morgan fingerprint density at radius 3 is 2.86 bits per heavy atom. The Labute approximate surface area is 122 Å². The maximum atomic E-state index is 12.4. The number of benzene rings is 1. The highest BCUT2D eigenvalue weighted by molar-refractivity contribution is 5.81. The molecule has 1 aliphatic heterocycles. The van der Waals surface area contributed by atoms with Crippen LogP contribution in [-0.2, 0) is 4.79 Å². The molecule has 0 aliphatic carbocycles. The molecule has 2 rings (SSSR count). The van der Waals surface area contributed by atoms with E-state index in [0.717, 1.165) is 6.42 Å². The molecule has 0 radical (unpaired) electrons. The number of nitrogens with one attached hydrogen (secondary N) is 1. The fourth-order valence-electron chi connectivity index (χ4n) is 2.34. The van der Waals surface area contributed by atoms with Gasteiger partial charge in [-0.25, -0.2) is 0 Å². The van der Waals surface area contributed by atoms with E-state index in [2.05, 4.69) is 10.1 Å². The standard InChI is InChI=1S/C14H19F2N3O2/c1-9(17)13(20)18-10-6-7-19(8-10)11-4-2-3-5-12(11)21-14(15)16/h2-5,9-10,14H,6-8,17H2,1H3,(H,18,20). The Bertz CT molecular complexity index is 497. The molecular weight excluding hydrogens is 280 g/mol. The number of nitrogens with two attached hydrogens (primary N) is 1. The monoisotopic (exact) mass is 299 g/mol. The van der Waals surface area contributed by atoms with Gasteiger partial charge in [-0.1, -0.05) is 12.1 Å². The van der Waals surface area contributed by atoms with Crippen molar-refractivity contribution in [1.29, 1.82) is 0 Å². The highest BCUT2D eigenvalue weighted by atomic mass is 19.3. The number of hydrogen-bond acceptors (Lipinski definition) is 4. The maximum absolute atomic E-state index is 12.4. The predicted octanol–water partition coefficient (Wildman–Crippen LogP) is 1.33. The first-order chi connectivity index (χ1) is 9.97. The Morgan fingerprint density at radius 2 is 2.19 bits per heavy atom. The maximum Gasteiger partial charge on any atom is 0.387 e. The zero-order chi connectivity index (χ0) is 15.4. The van der Waals surface area contributed by atoms with E-state index in [0.29, 0.717) is 18.8 Å². The minimum Gasteiger partial charge on any atom is -0.433 e. The molecule has 21 heavy (non-hydrogen) atoms. The average Bonchev–Trinajstić information content (AvgIpc) is 2.87. The predicted molar refractivity (Wildman–Crippen MR) is 75.5 cm³/mol. The molecule has 2 atom stereocenters. The van der Waals surface area contributed by atoms with Crippen molar-refractivity contribution in [2.24, 2.45) is 5.73 Å². The zero-order valence-corrected chi connectivity index (χ0v) is 11.8. The van der Waals surface area contributed by atoms with Crippen molar-refractivity contribution in [1.82, 2.24) is 5.32 Å². The minimum atomic E-state index is -2.86. The van der Waals surface area contributed by atoms with Gasteiger partial charge >= 0.3 is 6.61 Å². The quantitative estimate of drug-likeness (QED) is 0.861. The molecule has 3 N–H and O–H groups in total. The summed E-state index contributed by atoms with van der Waals surface area (Å²) in [6, 6.07) is 6.05. The van der Waals surface area contributed by atoms with E-state index in [4.69, 9.17) is 5.73 Å². The van der Waals surface area contributed by atoms with Crippen molar-refractivity contribution >= 4 is 11.6 Å². The molecule has 7 heteroatoms. The van der Waals surface area contributed by atoms with E-state index in [1.54, 1.807) is 25.1 Å². The summed E-state index contributed by atoms with van der Waals surface area (Å²) in [6.07, 6.45) is 0.738. The van der Waals surface area contributed by atoms with Crippen molar-refractivity contribution in [3.8, 4) is 5.75 Å². The van der Waals surface area contributed by atoms with E-state index in [9.17, 15) is 13.6 Å². The van der Waals surface area contributed by atoms with Crippen LogP contribution in [0.3, 0.4) is 0 Å². The summed E-state index contributed by atoms with van der Waals surface area (Å²) in [5.41, 5.74) is 6.12. The van der Waals surface area contributed by atoms with Gasteiger partial charge < -0.3 is 20.7 Å². The molecular formula is C14H19F2N3O2. The third-order valence-electron chi connectivity index (χ3n) is 3.37. The molecule has 1 aromatic rings. The van der Waals surface area contributed by atoms with Crippen LogP contribution in [0, 0.1) is 0 Å². The van der Waals surface area contributed by atoms with Crippen molar-refractivity contribution in [3.63, 3.8) is 0 Å². The first-order valence-electron chi connectivity index (χ1n) is 6.82. The molecule has 0 spiro atoms. The van der Waals surface area contributed by atoms with Gasteiger partial charge in [0.1, 0.15) is 5.75 Å². The van der Waals surface area contributed by atoms with E-state index < -0.39 is 12.7 Å². The molecule has 1 aromatic carbocycles. The van der Waals surface area contributed by atoms with Gasteiger partial charge in [0.25, 0.3) is 0 Å². The van der Waals surface area contributed by atoms with Gasteiger partial charge in [0.05, 0.1) is 11.7 Å². The number of nitrogens with zero attached hydrogens (tertiary/aromatic N) is 1. The molecule has 1 heterocycles. The third-order valence-corrected chi connectivity index (χ3v) is 3.37. The van der Waals surface area contributed by atoms with Crippen LogP contribution >= 0.6 is 0 Å². The first kappa shape index (κ1) is 15.5. The molecule has 116 valence electrons. The van der Waals surface area contributed by atoms with Crippen molar-refractivity contribution in [2.45, 2.75) is 32.0 Å². The van der Waals surface area contributed by atoms with E-state index in [-0.39, 0.29) is 17.7 Å². The third kappa shape index (κ3) is 4.04. The number of carbonyl (C=O) groups excluding carboxylic acids is 1. The molecule has 2 unspecified atom stereocenters. The second kappa shape index (κ2) is 6.71. The number of rotatable bonds is 5. The second-order valence-electron chi connectivity index (χ2n) is 5.08. The molecule has 1 saturated heterocycles. The van der Waals surface area contributed by atoms with Crippen LogP contribution in [0.1, 0.15) is 13.3 Å². The summed E-state index contributed by atoms with van der Waals surface area (Å²) in [7, 11) is 0. The molecule has 1 amide bonds. The Balaban J connectivity index is 2.03. The van der Waals surface area contributed by atoms with Gasteiger partial charge in [-0.15, -0.1) is 0 Å². The lowest BCUT2D eigenvalue weighted by molar-refractivity contribution is -0.122. The Hall–Kier alpha value is -1.89. The Kier molecular flexibility index (Phi) is 4.95. The largest absolute Gasteiger partial charge is 0.433 e. The molecule has 0 bridgehead atoms. The fraction of sp³-hybridized carbons (Fsp3) is 0.500. The number of halogens is 2. The van der Waals surface area contributed by atoms with E-state index >= 15 is 0 Å². The van der Waals surface area contributed by atoms with Crippen LogP contribution in [0.15, 0.2) is 24.3 Å². The number of carbonyl (C=O) groups is 1. The normalized spacial score (nSPS) is 19.7. The van der Waals surface area contributed by atoms with Gasteiger partial charge in [-0.3, -0.25) is 4.79 Å². The first-order valence-corrected chi connectivity index (χ1v) is 6.82. The lowest BCUT2D eigenvalue weighted by atomic mass is 10.2. The van der Waals surface area contributed by atoms with Crippen molar-refractivity contribution < 1.29 is 18.3 Å². The lowest BCUT2D eigenvalue weighted by Gasteiger charge is -2.22. The van der Waals surface area contributed by atoms with Gasteiger partial charge in [0, 0.05) is 19.1 Å². The number of anilines is 1. The molecule has 1 fully saturated rings. The summed E-state index contributed by atoms with van der Waals surface area (Å²) in [5.74, 6) is -0.0642. The summed E-state index contributed by atoms with van der Waals surface area (Å²) < 4.78 is 29.4. The molecule has 5 nitrogen and oxygen atoms in total. The fourth-order valence-corrected chi connectivity index (χ4v) is 2.34. The van der Waals surface area contributed by atoms with E-state index in [1.165, 1.54) is 6.07 Å². The lowest BCUT2D eigenvalue weighted by Crippen LogP contribution is -2.44. The molecule has 0 saturated carbocycles. The van der Waals surface area contributed by atoms with Crippen LogP contribution in [-0.4, -0.2) is 37.7 Å². The number of amides is 1. The molecule has 0 aromatic heterocycles.